The van der Waals surface area contributed by atoms with Crippen LogP contribution in [0, 0.1) is 11.3 Å². The first-order chi connectivity index (χ1) is 11.5. The number of aryl methyl sites for hydroxylation is 1. The number of amides is 2. The first kappa shape index (κ1) is 17.0. The Bertz CT molecular complexity index is 806. The van der Waals surface area contributed by atoms with Crippen LogP contribution in [-0.2, 0) is 11.8 Å². The van der Waals surface area contributed by atoms with Crippen LogP contribution in [0.25, 0.3) is 0 Å². The lowest BCUT2D eigenvalue weighted by molar-refractivity contribution is -0.116. The number of hydrogen-bond acceptors (Lipinski definition) is 5. The second-order valence-corrected chi connectivity index (χ2v) is 5.09. The maximum absolute atomic E-state index is 12.4. The van der Waals surface area contributed by atoms with E-state index in [0.717, 1.165) is 0 Å². The number of methoxy groups -OCH3 is 1. The molecular weight excluding hydrogens is 310 g/mol. The van der Waals surface area contributed by atoms with Gasteiger partial charge in [0, 0.05) is 20.3 Å². The minimum atomic E-state index is -0.406. The number of carbonyl (C=O) groups is 2. The van der Waals surface area contributed by atoms with Gasteiger partial charge in [0.1, 0.15) is 11.6 Å². The predicted molar refractivity (Wildman–Crippen MR) is 86.5 cm³/mol. The summed E-state index contributed by atoms with van der Waals surface area (Å²) in [6, 6.07) is 8.65. The summed E-state index contributed by atoms with van der Waals surface area (Å²) in [5, 5.41) is 15.7. The largest absolute Gasteiger partial charge is 0.479 e. The van der Waals surface area contributed by atoms with Crippen molar-refractivity contribution in [3.8, 4) is 11.9 Å². The van der Waals surface area contributed by atoms with Gasteiger partial charge in [-0.15, -0.1) is 5.10 Å². The number of benzene rings is 1. The Labute approximate surface area is 139 Å². The van der Waals surface area contributed by atoms with Gasteiger partial charge >= 0.3 is 0 Å². The van der Waals surface area contributed by atoms with Crippen LogP contribution in [0.5, 0.6) is 5.88 Å². The van der Waals surface area contributed by atoms with Crippen molar-refractivity contribution in [1.29, 1.82) is 5.26 Å². The number of para-hydroxylation sites is 1. The van der Waals surface area contributed by atoms with Crippen LogP contribution < -0.4 is 10.1 Å². The molecule has 124 valence electrons. The van der Waals surface area contributed by atoms with Crippen LogP contribution in [0.2, 0.25) is 0 Å². The van der Waals surface area contributed by atoms with E-state index in [0.29, 0.717) is 11.3 Å². The minimum absolute atomic E-state index is 0.170. The number of likely N-dealkylation sites (N-methyl/N-ethyl adjacent to an activating group) is 1. The number of nitrogens with zero attached hydrogens (tertiary/aromatic N) is 4. The molecule has 2 amide bonds. The molecule has 0 saturated heterocycles. The van der Waals surface area contributed by atoms with Crippen molar-refractivity contribution < 1.29 is 14.3 Å². The number of anilines is 1. The summed E-state index contributed by atoms with van der Waals surface area (Å²) in [4.78, 5) is 25.8. The highest BCUT2D eigenvalue weighted by molar-refractivity contribution is 6.00. The second-order valence-electron chi connectivity index (χ2n) is 5.09. The van der Waals surface area contributed by atoms with Crippen molar-refractivity contribution >= 4 is 17.5 Å². The average Bonchev–Trinajstić information content (AvgIpc) is 2.95. The van der Waals surface area contributed by atoms with Crippen molar-refractivity contribution in [1.82, 2.24) is 14.7 Å². The highest BCUT2D eigenvalue weighted by Gasteiger charge is 2.21. The van der Waals surface area contributed by atoms with E-state index in [1.165, 1.54) is 29.9 Å². The van der Waals surface area contributed by atoms with Gasteiger partial charge in [0.25, 0.3) is 5.91 Å². The molecule has 0 unspecified atom stereocenters. The molecule has 24 heavy (non-hydrogen) atoms. The maximum Gasteiger partial charge on any atom is 0.261 e. The molecule has 0 saturated carbocycles. The quantitative estimate of drug-likeness (QED) is 0.883. The molecule has 0 radical (unpaired) electrons. The molecular formula is C16H17N5O3. The van der Waals surface area contributed by atoms with Crippen molar-refractivity contribution in [2.75, 3.05) is 26.0 Å². The third-order valence-corrected chi connectivity index (χ3v) is 3.27. The molecule has 0 fully saturated rings. The van der Waals surface area contributed by atoms with E-state index in [1.54, 1.807) is 31.3 Å². The van der Waals surface area contributed by atoms with Crippen LogP contribution >= 0.6 is 0 Å². The monoisotopic (exact) mass is 327 g/mol. The molecule has 8 heteroatoms. The molecule has 0 aliphatic carbocycles. The Morgan fingerprint density at radius 1 is 1.42 bits per heavy atom. The zero-order valence-corrected chi connectivity index (χ0v) is 13.6. The molecule has 0 aliphatic rings. The Kier molecular flexibility index (Phi) is 5.16. The number of aromatic nitrogens is 2. The van der Waals surface area contributed by atoms with Crippen LogP contribution in [0.4, 0.5) is 5.69 Å². The van der Waals surface area contributed by atoms with Gasteiger partial charge in [0.05, 0.1) is 24.9 Å². The molecule has 2 rings (SSSR count). The first-order valence-corrected chi connectivity index (χ1v) is 7.08. The standard InChI is InChI=1S/C16H17N5O3/c1-20(16(23)12-9-21(2)19-15(12)24-3)10-14(22)18-13-7-5-4-6-11(13)8-17/h4-7,9H,10H2,1-3H3,(H,18,22). The van der Waals surface area contributed by atoms with E-state index in [2.05, 4.69) is 10.4 Å². The minimum Gasteiger partial charge on any atom is -0.479 e. The van der Waals surface area contributed by atoms with Crippen LogP contribution in [0.3, 0.4) is 0 Å². The fourth-order valence-electron chi connectivity index (χ4n) is 2.14. The van der Waals surface area contributed by atoms with Gasteiger partial charge < -0.3 is 15.0 Å². The molecule has 0 aliphatic heterocycles. The first-order valence-electron chi connectivity index (χ1n) is 7.08. The number of ether oxygens (including phenoxy) is 1. The second kappa shape index (κ2) is 7.28. The van der Waals surface area contributed by atoms with Gasteiger partial charge in [-0.1, -0.05) is 12.1 Å². The molecule has 0 spiro atoms. The van der Waals surface area contributed by atoms with Crippen LogP contribution in [0.15, 0.2) is 30.5 Å². The van der Waals surface area contributed by atoms with E-state index >= 15 is 0 Å². The molecule has 0 bridgehead atoms. The van der Waals surface area contributed by atoms with Gasteiger partial charge in [-0.25, -0.2) is 0 Å². The number of rotatable bonds is 5. The van der Waals surface area contributed by atoms with E-state index in [9.17, 15) is 9.59 Å². The summed E-state index contributed by atoms with van der Waals surface area (Å²) in [5.74, 6) is -0.593. The van der Waals surface area contributed by atoms with Crippen molar-refractivity contribution in [3.05, 3.63) is 41.6 Å². The molecule has 1 aromatic carbocycles. The third kappa shape index (κ3) is 3.70. The summed E-state index contributed by atoms with van der Waals surface area (Å²) in [7, 11) is 4.60. The van der Waals surface area contributed by atoms with Crippen molar-refractivity contribution in [2.45, 2.75) is 0 Å². The van der Waals surface area contributed by atoms with E-state index in [4.69, 9.17) is 10.00 Å². The van der Waals surface area contributed by atoms with Gasteiger partial charge in [-0.3, -0.25) is 14.3 Å². The zero-order valence-electron chi connectivity index (χ0n) is 13.6. The number of hydrogen-bond donors (Lipinski definition) is 1. The van der Waals surface area contributed by atoms with Gasteiger partial charge in [0.2, 0.25) is 11.8 Å². The summed E-state index contributed by atoms with van der Waals surface area (Å²) < 4.78 is 6.51. The molecule has 1 aromatic heterocycles. The van der Waals surface area contributed by atoms with E-state index < -0.39 is 5.91 Å². The Morgan fingerprint density at radius 3 is 2.79 bits per heavy atom. The fourth-order valence-corrected chi connectivity index (χ4v) is 2.14. The number of nitrogens with one attached hydrogen (secondary N) is 1. The SMILES string of the molecule is COc1nn(C)cc1C(=O)N(C)CC(=O)Nc1ccccc1C#N. The Morgan fingerprint density at radius 2 is 2.12 bits per heavy atom. The smallest absolute Gasteiger partial charge is 0.261 e. The summed E-state index contributed by atoms with van der Waals surface area (Å²) in [6.07, 6.45) is 1.53. The predicted octanol–water partition coefficient (Wildman–Crippen LogP) is 1.01. The van der Waals surface area contributed by atoms with Gasteiger partial charge in [-0.05, 0) is 12.1 Å². The number of nitriles is 1. The molecule has 1 heterocycles. The maximum atomic E-state index is 12.4. The molecule has 1 N–H and O–H groups in total. The van der Waals surface area contributed by atoms with Gasteiger partial charge in [-0.2, -0.15) is 5.26 Å². The molecule has 2 aromatic rings. The molecule has 0 atom stereocenters. The third-order valence-electron chi connectivity index (χ3n) is 3.27. The summed E-state index contributed by atoms with van der Waals surface area (Å²) in [5.41, 5.74) is 1.03. The van der Waals surface area contributed by atoms with Crippen LogP contribution in [0.1, 0.15) is 15.9 Å². The van der Waals surface area contributed by atoms with Gasteiger partial charge in [0.15, 0.2) is 0 Å². The topological polar surface area (TPSA) is 100 Å². The lowest BCUT2D eigenvalue weighted by Crippen LogP contribution is -2.35. The lowest BCUT2D eigenvalue weighted by atomic mass is 10.2. The highest BCUT2D eigenvalue weighted by atomic mass is 16.5. The number of carbonyl (C=O) groups excluding carboxylic acids is 2. The Hall–Kier alpha value is -3.34. The Balaban J connectivity index is 2.06. The zero-order chi connectivity index (χ0) is 17.7. The van der Waals surface area contributed by atoms with E-state index in [-0.39, 0.29) is 23.9 Å². The summed E-state index contributed by atoms with van der Waals surface area (Å²) in [6.45, 7) is -0.170. The highest BCUT2D eigenvalue weighted by Crippen LogP contribution is 2.17. The van der Waals surface area contributed by atoms with Crippen molar-refractivity contribution in [3.63, 3.8) is 0 Å². The average molecular weight is 327 g/mol. The lowest BCUT2D eigenvalue weighted by Gasteiger charge is -2.16. The van der Waals surface area contributed by atoms with Crippen LogP contribution in [-0.4, -0.2) is 47.2 Å². The summed E-state index contributed by atoms with van der Waals surface area (Å²) >= 11 is 0. The normalized spacial score (nSPS) is 9.92. The molecule has 8 nitrogen and oxygen atoms in total. The van der Waals surface area contributed by atoms with Crippen molar-refractivity contribution in [2.24, 2.45) is 7.05 Å². The fraction of sp³-hybridized carbons (Fsp3) is 0.250. The van der Waals surface area contributed by atoms with E-state index in [1.807, 2.05) is 6.07 Å².